The summed E-state index contributed by atoms with van der Waals surface area (Å²) in [5, 5.41) is 4.08. The van der Waals surface area contributed by atoms with Crippen LogP contribution in [0.3, 0.4) is 0 Å². The Balaban J connectivity index is 1.63. The van der Waals surface area contributed by atoms with Gasteiger partial charge in [-0.05, 0) is 43.0 Å². The number of carbonyl (C=O) groups excluding carboxylic acids is 1. The molecule has 1 saturated carbocycles. The number of fused-ring (bicyclic) bond motifs is 1. The van der Waals surface area contributed by atoms with Crippen LogP contribution >= 0.6 is 23.2 Å². The van der Waals surface area contributed by atoms with Crippen molar-refractivity contribution >= 4 is 40.6 Å². The van der Waals surface area contributed by atoms with E-state index < -0.39 is 0 Å². The Hall–Kier alpha value is -2.04. The lowest BCUT2D eigenvalue weighted by Crippen LogP contribution is -2.16. The highest BCUT2D eigenvalue weighted by Gasteiger charge is 2.20. The van der Waals surface area contributed by atoms with Crippen molar-refractivity contribution in [2.75, 3.05) is 5.32 Å². The van der Waals surface area contributed by atoms with E-state index in [1.807, 2.05) is 35.7 Å². The standard InChI is InChI=1S/C23H25Cl2N3O/c1-15-6-5-13-28-22(15)27-21(17-10-11-18(24)19(25)14-17)23(28)26-20(29)12-9-16-7-3-2-4-8-16/h5-6,10-11,13-14,16H,2-4,7-9,12H2,1H3,(H,26,29). The van der Waals surface area contributed by atoms with E-state index in [0.29, 0.717) is 33.9 Å². The third kappa shape index (κ3) is 4.44. The molecule has 1 aliphatic rings. The van der Waals surface area contributed by atoms with Gasteiger partial charge in [0, 0.05) is 18.2 Å². The van der Waals surface area contributed by atoms with Crippen molar-refractivity contribution in [3.8, 4) is 11.3 Å². The first-order valence-corrected chi connectivity index (χ1v) is 11.0. The van der Waals surface area contributed by atoms with Crippen molar-refractivity contribution in [1.82, 2.24) is 9.38 Å². The molecular formula is C23H25Cl2N3O. The number of pyridine rings is 1. The lowest BCUT2D eigenvalue weighted by Gasteiger charge is -2.21. The highest BCUT2D eigenvalue weighted by molar-refractivity contribution is 6.42. The summed E-state index contributed by atoms with van der Waals surface area (Å²) in [6.07, 6.45) is 9.81. The van der Waals surface area contributed by atoms with Gasteiger partial charge in [0.25, 0.3) is 0 Å². The number of halogens is 2. The van der Waals surface area contributed by atoms with Crippen molar-refractivity contribution in [2.24, 2.45) is 5.92 Å². The normalized spacial score (nSPS) is 15.0. The molecule has 0 bridgehead atoms. The third-order valence-corrected chi connectivity index (χ3v) is 6.54. The van der Waals surface area contributed by atoms with Crippen molar-refractivity contribution in [2.45, 2.75) is 51.9 Å². The Morgan fingerprint density at radius 2 is 1.97 bits per heavy atom. The van der Waals surface area contributed by atoms with Gasteiger partial charge in [0.1, 0.15) is 17.2 Å². The van der Waals surface area contributed by atoms with Gasteiger partial charge >= 0.3 is 0 Å². The van der Waals surface area contributed by atoms with E-state index in [1.165, 1.54) is 32.1 Å². The average molecular weight is 430 g/mol. The highest BCUT2D eigenvalue weighted by Crippen LogP contribution is 2.34. The van der Waals surface area contributed by atoms with Crippen molar-refractivity contribution in [3.63, 3.8) is 0 Å². The van der Waals surface area contributed by atoms with Gasteiger partial charge in [-0.15, -0.1) is 0 Å². The number of benzene rings is 1. The minimum atomic E-state index is 0.0280. The topological polar surface area (TPSA) is 46.4 Å². The largest absolute Gasteiger partial charge is 0.310 e. The molecule has 152 valence electrons. The van der Waals surface area contributed by atoms with E-state index in [4.69, 9.17) is 28.2 Å². The molecule has 0 atom stereocenters. The fraction of sp³-hybridized carbons (Fsp3) is 0.391. The van der Waals surface area contributed by atoms with Crippen LogP contribution in [0, 0.1) is 12.8 Å². The third-order valence-electron chi connectivity index (χ3n) is 5.80. The number of anilines is 1. The number of hydrogen-bond acceptors (Lipinski definition) is 2. The molecule has 1 N–H and O–H groups in total. The Labute approximate surface area is 181 Å². The van der Waals surface area contributed by atoms with Crippen LogP contribution in [0.15, 0.2) is 36.5 Å². The fourth-order valence-corrected chi connectivity index (χ4v) is 4.47. The summed E-state index contributed by atoms with van der Waals surface area (Å²) >= 11 is 12.3. The zero-order valence-electron chi connectivity index (χ0n) is 16.5. The number of nitrogens with zero attached hydrogens (tertiary/aromatic N) is 2. The lowest BCUT2D eigenvalue weighted by atomic mass is 9.86. The number of hydrogen-bond donors (Lipinski definition) is 1. The van der Waals surface area contributed by atoms with E-state index in [0.717, 1.165) is 23.2 Å². The molecule has 3 aromatic rings. The summed E-state index contributed by atoms with van der Waals surface area (Å²) in [4.78, 5) is 17.6. The van der Waals surface area contributed by atoms with Crippen LogP contribution < -0.4 is 5.32 Å². The molecule has 29 heavy (non-hydrogen) atoms. The zero-order chi connectivity index (χ0) is 20.4. The molecule has 0 aliphatic heterocycles. The van der Waals surface area contributed by atoms with Crippen LogP contribution in [0.2, 0.25) is 10.0 Å². The summed E-state index contributed by atoms with van der Waals surface area (Å²) < 4.78 is 1.94. The minimum Gasteiger partial charge on any atom is -0.310 e. The van der Waals surface area contributed by atoms with Gasteiger partial charge in [-0.1, -0.05) is 67.4 Å². The van der Waals surface area contributed by atoms with Crippen LogP contribution in [-0.4, -0.2) is 15.3 Å². The second-order valence-electron chi connectivity index (χ2n) is 7.91. The maximum absolute atomic E-state index is 12.8. The summed E-state index contributed by atoms with van der Waals surface area (Å²) in [7, 11) is 0. The van der Waals surface area contributed by atoms with Crippen molar-refractivity contribution in [3.05, 3.63) is 52.1 Å². The fourth-order valence-electron chi connectivity index (χ4n) is 4.17. The molecule has 0 radical (unpaired) electrons. The molecular weight excluding hydrogens is 405 g/mol. The maximum Gasteiger partial charge on any atom is 0.225 e. The summed E-state index contributed by atoms with van der Waals surface area (Å²) in [6.45, 7) is 2.01. The molecule has 1 aromatic carbocycles. The molecule has 4 nitrogen and oxygen atoms in total. The average Bonchev–Trinajstić information content (AvgIpc) is 3.09. The lowest BCUT2D eigenvalue weighted by molar-refractivity contribution is -0.116. The van der Waals surface area contributed by atoms with E-state index in [9.17, 15) is 4.79 Å². The first kappa shape index (κ1) is 20.2. The Bertz CT molecular complexity index is 1040. The second-order valence-corrected chi connectivity index (χ2v) is 8.73. The molecule has 0 saturated heterocycles. The monoisotopic (exact) mass is 429 g/mol. The van der Waals surface area contributed by atoms with Crippen LogP contribution in [0.1, 0.15) is 50.5 Å². The molecule has 2 aromatic heterocycles. The predicted molar refractivity (Wildman–Crippen MR) is 120 cm³/mol. The quantitative estimate of drug-likeness (QED) is 0.478. The van der Waals surface area contributed by atoms with Crippen LogP contribution in [0.4, 0.5) is 5.82 Å². The molecule has 1 fully saturated rings. The van der Waals surface area contributed by atoms with Gasteiger partial charge in [0.2, 0.25) is 5.91 Å². The van der Waals surface area contributed by atoms with E-state index in [-0.39, 0.29) is 5.91 Å². The number of rotatable bonds is 5. The Morgan fingerprint density at radius 1 is 1.17 bits per heavy atom. The van der Waals surface area contributed by atoms with Crippen LogP contribution in [-0.2, 0) is 4.79 Å². The van der Waals surface area contributed by atoms with Gasteiger partial charge in [-0.25, -0.2) is 4.98 Å². The number of carbonyl (C=O) groups is 1. The molecule has 2 heterocycles. The molecule has 0 unspecified atom stereocenters. The van der Waals surface area contributed by atoms with Gasteiger partial charge in [-0.3, -0.25) is 9.20 Å². The number of imidazole rings is 1. The predicted octanol–water partition coefficient (Wildman–Crippen LogP) is 6.92. The minimum absolute atomic E-state index is 0.0280. The van der Waals surface area contributed by atoms with Gasteiger partial charge in [0.15, 0.2) is 0 Å². The van der Waals surface area contributed by atoms with E-state index >= 15 is 0 Å². The first-order chi connectivity index (χ1) is 14.0. The van der Waals surface area contributed by atoms with Crippen molar-refractivity contribution in [1.29, 1.82) is 0 Å². The van der Waals surface area contributed by atoms with Crippen LogP contribution in [0.5, 0.6) is 0 Å². The smallest absolute Gasteiger partial charge is 0.225 e. The van der Waals surface area contributed by atoms with Gasteiger partial charge < -0.3 is 5.32 Å². The number of aryl methyl sites for hydroxylation is 1. The van der Waals surface area contributed by atoms with Gasteiger partial charge in [0.05, 0.1) is 10.0 Å². The number of nitrogens with one attached hydrogen (secondary N) is 1. The maximum atomic E-state index is 12.8. The first-order valence-electron chi connectivity index (χ1n) is 10.3. The Kier molecular flexibility index (Phi) is 6.12. The highest BCUT2D eigenvalue weighted by atomic mass is 35.5. The molecule has 1 aliphatic carbocycles. The number of amides is 1. The zero-order valence-corrected chi connectivity index (χ0v) is 18.1. The van der Waals surface area contributed by atoms with E-state index in [1.54, 1.807) is 12.1 Å². The summed E-state index contributed by atoms with van der Waals surface area (Å²) in [6, 6.07) is 9.39. The van der Waals surface area contributed by atoms with Crippen molar-refractivity contribution < 1.29 is 4.79 Å². The summed E-state index contributed by atoms with van der Waals surface area (Å²) in [5.74, 6) is 1.38. The van der Waals surface area contributed by atoms with Crippen LogP contribution in [0.25, 0.3) is 16.9 Å². The molecule has 0 spiro atoms. The molecule has 6 heteroatoms. The summed E-state index contributed by atoms with van der Waals surface area (Å²) in [5.41, 5.74) is 3.38. The SMILES string of the molecule is Cc1cccn2c(NC(=O)CCC3CCCCC3)c(-c3ccc(Cl)c(Cl)c3)nc12. The molecule has 4 rings (SSSR count). The second kappa shape index (κ2) is 8.76. The number of aromatic nitrogens is 2. The van der Waals surface area contributed by atoms with E-state index in [2.05, 4.69) is 5.32 Å². The Morgan fingerprint density at radius 3 is 2.72 bits per heavy atom. The molecule has 1 amide bonds. The van der Waals surface area contributed by atoms with Gasteiger partial charge in [-0.2, -0.15) is 0 Å².